The lowest BCUT2D eigenvalue weighted by atomic mass is 9.98. The van der Waals surface area contributed by atoms with E-state index in [0.717, 1.165) is 22.3 Å². The SMILES string of the molecule is CC(C)(C)OC(=O)N[C@@H](CCCCNC(=O)OCC1c2ccccc2-c2ccccc21)C(=O)NCC(=O)O. The van der Waals surface area contributed by atoms with Crippen LogP contribution in [0.3, 0.4) is 0 Å². The average Bonchev–Trinajstić information content (AvgIpc) is 3.17. The van der Waals surface area contributed by atoms with Gasteiger partial charge in [0.2, 0.25) is 5.91 Å². The topological polar surface area (TPSA) is 143 Å². The predicted molar refractivity (Wildman–Crippen MR) is 141 cm³/mol. The molecule has 204 valence electrons. The Hall–Kier alpha value is -4.08. The average molecular weight is 526 g/mol. The van der Waals surface area contributed by atoms with Crippen molar-refractivity contribution < 1.29 is 33.8 Å². The van der Waals surface area contributed by atoms with Gasteiger partial charge in [0.15, 0.2) is 0 Å². The summed E-state index contributed by atoms with van der Waals surface area (Å²) in [4.78, 5) is 47.6. The van der Waals surface area contributed by atoms with Gasteiger partial charge in [-0.1, -0.05) is 48.5 Å². The zero-order chi connectivity index (χ0) is 27.7. The molecule has 38 heavy (non-hydrogen) atoms. The number of nitrogens with one attached hydrogen (secondary N) is 3. The number of aliphatic carboxylic acids is 1. The van der Waals surface area contributed by atoms with E-state index in [-0.39, 0.29) is 18.9 Å². The molecule has 0 unspecified atom stereocenters. The van der Waals surface area contributed by atoms with Crippen LogP contribution in [0.25, 0.3) is 11.1 Å². The highest BCUT2D eigenvalue weighted by Gasteiger charge is 2.29. The van der Waals surface area contributed by atoms with Crippen LogP contribution in [-0.2, 0) is 19.1 Å². The third kappa shape index (κ3) is 8.22. The number of carbonyl (C=O) groups excluding carboxylic acids is 3. The quantitative estimate of drug-likeness (QED) is 0.327. The zero-order valence-corrected chi connectivity index (χ0v) is 21.9. The third-order valence-electron chi connectivity index (χ3n) is 5.95. The highest BCUT2D eigenvalue weighted by molar-refractivity contribution is 5.88. The molecule has 0 fully saturated rings. The van der Waals surface area contributed by atoms with Gasteiger partial charge in [0.25, 0.3) is 0 Å². The van der Waals surface area contributed by atoms with Gasteiger partial charge in [-0.25, -0.2) is 9.59 Å². The summed E-state index contributed by atoms with van der Waals surface area (Å²) in [6.45, 7) is 5.05. The third-order valence-corrected chi connectivity index (χ3v) is 5.95. The van der Waals surface area contributed by atoms with E-state index in [4.69, 9.17) is 14.6 Å². The molecular weight excluding hydrogens is 490 g/mol. The number of alkyl carbamates (subject to hydrolysis) is 2. The van der Waals surface area contributed by atoms with E-state index in [1.807, 2.05) is 24.3 Å². The fourth-order valence-electron chi connectivity index (χ4n) is 4.32. The minimum atomic E-state index is -1.19. The van der Waals surface area contributed by atoms with E-state index in [1.165, 1.54) is 0 Å². The van der Waals surface area contributed by atoms with Crippen molar-refractivity contribution in [3.63, 3.8) is 0 Å². The Morgan fingerprint density at radius 2 is 1.50 bits per heavy atom. The summed E-state index contributed by atoms with van der Waals surface area (Å²) < 4.78 is 10.7. The maximum Gasteiger partial charge on any atom is 0.408 e. The molecule has 2 aromatic rings. The maximum absolute atomic E-state index is 12.4. The Morgan fingerprint density at radius 3 is 2.08 bits per heavy atom. The van der Waals surface area contributed by atoms with Gasteiger partial charge in [-0.15, -0.1) is 0 Å². The summed E-state index contributed by atoms with van der Waals surface area (Å²) in [6, 6.07) is 15.2. The summed E-state index contributed by atoms with van der Waals surface area (Å²) in [5.41, 5.74) is 3.81. The number of unbranched alkanes of at least 4 members (excludes halogenated alkanes) is 1. The summed E-state index contributed by atoms with van der Waals surface area (Å²) >= 11 is 0. The van der Waals surface area contributed by atoms with E-state index in [2.05, 4.69) is 40.2 Å². The summed E-state index contributed by atoms with van der Waals surface area (Å²) in [5.74, 6) is -1.85. The van der Waals surface area contributed by atoms with E-state index >= 15 is 0 Å². The van der Waals surface area contributed by atoms with Crippen LogP contribution < -0.4 is 16.0 Å². The fraction of sp³-hybridized carbons (Fsp3) is 0.429. The Kier molecular flexibility index (Phi) is 9.70. The highest BCUT2D eigenvalue weighted by atomic mass is 16.6. The maximum atomic E-state index is 12.4. The number of hydrogen-bond donors (Lipinski definition) is 4. The van der Waals surface area contributed by atoms with Gasteiger partial charge in [-0.2, -0.15) is 0 Å². The fourth-order valence-corrected chi connectivity index (χ4v) is 4.32. The number of carboxylic acids is 1. The molecule has 0 saturated carbocycles. The van der Waals surface area contributed by atoms with Crippen molar-refractivity contribution in [1.82, 2.24) is 16.0 Å². The van der Waals surface area contributed by atoms with Crippen molar-refractivity contribution in [3.05, 3.63) is 59.7 Å². The summed E-state index contributed by atoms with van der Waals surface area (Å²) in [5, 5.41) is 16.3. The number of rotatable bonds is 11. The number of fused-ring (bicyclic) bond motifs is 3. The predicted octanol–water partition coefficient (Wildman–Crippen LogP) is 3.79. The standard InChI is InChI=1S/C28H35N3O7/c1-28(2,3)38-27(36)31-23(25(34)30-16-24(32)33)14-8-9-15-29-26(35)37-17-22-20-12-6-4-10-18(20)19-11-5-7-13-21(19)22/h4-7,10-13,22-23H,8-9,14-17H2,1-3H3,(H,29,35)(H,30,34)(H,31,36)(H,32,33)/t23-/m0/s1. The van der Waals surface area contributed by atoms with Gasteiger partial charge in [0.05, 0.1) is 0 Å². The van der Waals surface area contributed by atoms with Crippen LogP contribution in [0.2, 0.25) is 0 Å². The second-order valence-corrected chi connectivity index (χ2v) is 10.1. The Bertz CT molecular complexity index is 1110. The molecule has 3 rings (SSSR count). The Labute approximate surface area is 222 Å². The molecule has 10 nitrogen and oxygen atoms in total. The first-order chi connectivity index (χ1) is 18.0. The van der Waals surface area contributed by atoms with Crippen molar-refractivity contribution in [2.75, 3.05) is 19.7 Å². The Morgan fingerprint density at radius 1 is 0.895 bits per heavy atom. The van der Waals surface area contributed by atoms with E-state index < -0.39 is 42.3 Å². The smallest absolute Gasteiger partial charge is 0.408 e. The molecule has 0 heterocycles. The molecule has 10 heteroatoms. The number of ether oxygens (including phenoxy) is 2. The van der Waals surface area contributed by atoms with Crippen molar-refractivity contribution in [2.24, 2.45) is 0 Å². The lowest BCUT2D eigenvalue weighted by Gasteiger charge is -2.23. The molecular formula is C28H35N3O7. The molecule has 2 aromatic carbocycles. The number of benzene rings is 2. The van der Waals surface area contributed by atoms with Crippen molar-refractivity contribution in [3.8, 4) is 11.1 Å². The first-order valence-electron chi connectivity index (χ1n) is 12.6. The molecule has 0 bridgehead atoms. The second-order valence-electron chi connectivity index (χ2n) is 10.1. The molecule has 0 aliphatic heterocycles. The van der Waals surface area contributed by atoms with Gasteiger partial charge < -0.3 is 30.5 Å². The number of carboxylic acid groups (broad SMARTS) is 1. The molecule has 0 aromatic heterocycles. The molecule has 1 aliphatic carbocycles. The minimum Gasteiger partial charge on any atom is -0.480 e. The van der Waals surface area contributed by atoms with Crippen molar-refractivity contribution in [1.29, 1.82) is 0 Å². The van der Waals surface area contributed by atoms with Crippen LogP contribution in [0, 0.1) is 0 Å². The monoisotopic (exact) mass is 525 g/mol. The van der Waals surface area contributed by atoms with Crippen molar-refractivity contribution >= 4 is 24.1 Å². The molecule has 4 N–H and O–H groups in total. The van der Waals surface area contributed by atoms with Crippen LogP contribution in [0.15, 0.2) is 48.5 Å². The molecule has 0 spiro atoms. The van der Waals surface area contributed by atoms with Crippen LogP contribution >= 0.6 is 0 Å². The molecule has 0 radical (unpaired) electrons. The van der Waals surface area contributed by atoms with Gasteiger partial charge in [0, 0.05) is 12.5 Å². The molecule has 0 saturated heterocycles. The number of amides is 3. The van der Waals surface area contributed by atoms with Crippen LogP contribution in [0.1, 0.15) is 57.1 Å². The number of carbonyl (C=O) groups is 4. The van der Waals surface area contributed by atoms with Gasteiger partial charge >= 0.3 is 18.2 Å². The van der Waals surface area contributed by atoms with Crippen molar-refractivity contribution in [2.45, 2.75) is 57.6 Å². The van der Waals surface area contributed by atoms with E-state index in [1.54, 1.807) is 20.8 Å². The van der Waals surface area contributed by atoms with Gasteiger partial charge in [-0.05, 0) is 62.3 Å². The lowest BCUT2D eigenvalue weighted by Crippen LogP contribution is -2.49. The Balaban J connectivity index is 1.44. The molecule has 3 amide bonds. The summed E-state index contributed by atoms with van der Waals surface area (Å²) in [6.07, 6.45) is -0.0795. The second kappa shape index (κ2) is 12.9. The van der Waals surface area contributed by atoms with Crippen LogP contribution in [0.5, 0.6) is 0 Å². The van der Waals surface area contributed by atoms with Crippen LogP contribution in [-0.4, -0.2) is 60.5 Å². The first kappa shape index (κ1) is 28.5. The number of hydrogen-bond acceptors (Lipinski definition) is 6. The highest BCUT2D eigenvalue weighted by Crippen LogP contribution is 2.44. The van der Waals surface area contributed by atoms with E-state index in [9.17, 15) is 19.2 Å². The van der Waals surface area contributed by atoms with Crippen LogP contribution in [0.4, 0.5) is 9.59 Å². The summed E-state index contributed by atoms with van der Waals surface area (Å²) in [7, 11) is 0. The van der Waals surface area contributed by atoms with E-state index in [0.29, 0.717) is 19.4 Å². The molecule has 1 aliphatic rings. The van der Waals surface area contributed by atoms with Gasteiger partial charge in [-0.3, -0.25) is 9.59 Å². The van der Waals surface area contributed by atoms with Gasteiger partial charge in [0.1, 0.15) is 24.8 Å². The normalized spacial score (nSPS) is 13.0. The minimum absolute atomic E-state index is 0.0304. The lowest BCUT2D eigenvalue weighted by molar-refractivity contribution is -0.138. The molecule has 1 atom stereocenters. The largest absolute Gasteiger partial charge is 0.480 e. The first-order valence-corrected chi connectivity index (χ1v) is 12.6. The zero-order valence-electron chi connectivity index (χ0n) is 21.9.